The summed E-state index contributed by atoms with van der Waals surface area (Å²) in [6.07, 6.45) is -3.24. The number of fused-ring (bicyclic) bond motifs is 1. The Morgan fingerprint density at radius 1 is 1.37 bits per heavy atom. The molecule has 0 aromatic carbocycles. The Hall–Kier alpha value is -1.67. The van der Waals surface area contributed by atoms with Crippen molar-refractivity contribution in [3.8, 4) is 0 Å². The molecule has 0 aromatic heterocycles. The number of aliphatic hydroxyl groups excluding tert-OH is 1. The van der Waals surface area contributed by atoms with Crippen LogP contribution in [0.5, 0.6) is 0 Å². The topological polar surface area (TPSA) is 119 Å². The molecule has 0 aromatic rings. The molecule has 4 atom stereocenters. The van der Waals surface area contributed by atoms with Gasteiger partial charge in [-0.05, 0) is 0 Å². The normalized spacial score (nSPS) is 33.4. The molecule has 0 aliphatic carbocycles. The van der Waals surface area contributed by atoms with Crippen molar-refractivity contribution in [2.24, 2.45) is 5.92 Å². The molecule has 2 N–H and O–H groups in total. The Kier molecular flexibility index (Phi) is 4.01. The zero-order chi connectivity index (χ0) is 14.0. The molecule has 4 unspecified atom stereocenters. The SMILES string of the molecule is O=C(O)CCC(=O)OC1COC(O)C2CC(=O)OC12. The van der Waals surface area contributed by atoms with E-state index in [1.54, 1.807) is 0 Å². The summed E-state index contributed by atoms with van der Waals surface area (Å²) in [4.78, 5) is 32.9. The monoisotopic (exact) mass is 274 g/mol. The summed E-state index contributed by atoms with van der Waals surface area (Å²) in [5.41, 5.74) is 0. The van der Waals surface area contributed by atoms with Crippen LogP contribution in [0.3, 0.4) is 0 Å². The van der Waals surface area contributed by atoms with Crippen LogP contribution in [0.25, 0.3) is 0 Å². The highest BCUT2D eigenvalue weighted by Crippen LogP contribution is 2.33. The Morgan fingerprint density at radius 2 is 2.11 bits per heavy atom. The van der Waals surface area contributed by atoms with E-state index in [1.165, 1.54) is 0 Å². The molecule has 8 nitrogen and oxygen atoms in total. The van der Waals surface area contributed by atoms with E-state index < -0.39 is 42.3 Å². The van der Waals surface area contributed by atoms with Crippen LogP contribution >= 0.6 is 0 Å². The van der Waals surface area contributed by atoms with E-state index in [4.69, 9.17) is 19.3 Å². The van der Waals surface area contributed by atoms with Gasteiger partial charge in [0, 0.05) is 0 Å². The van der Waals surface area contributed by atoms with Gasteiger partial charge in [-0.1, -0.05) is 0 Å². The van der Waals surface area contributed by atoms with Crippen LogP contribution in [0, 0.1) is 5.92 Å². The molecule has 106 valence electrons. The first kappa shape index (κ1) is 13.8. The summed E-state index contributed by atoms with van der Waals surface area (Å²) in [6, 6.07) is 0. The summed E-state index contributed by atoms with van der Waals surface area (Å²) in [5, 5.41) is 18.0. The number of aliphatic carboxylic acids is 1. The second-order valence-corrected chi connectivity index (χ2v) is 4.47. The molecule has 2 heterocycles. The van der Waals surface area contributed by atoms with E-state index in [0.717, 1.165) is 0 Å². The molecule has 19 heavy (non-hydrogen) atoms. The lowest BCUT2D eigenvalue weighted by Gasteiger charge is -2.34. The van der Waals surface area contributed by atoms with E-state index in [0.29, 0.717) is 0 Å². The van der Waals surface area contributed by atoms with Crippen molar-refractivity contribution < 1.29 is 38.8 Å². The molecule has 2 fully saturated rings. The average molecular weight is 274 g/mol. The first-order valence-electron chi connectivity index (χ1n) is 5.88. The minimum absolute atomic E-state index is 0.00894. The van der Waals surface area contributed by atoms with Crippen LogP contribution in [0.1, 0.15) is 19.3 Å². The molecular weight excluding hydrogens is 260 g/mol. The van der Waals surface area contributed by atoms with Crippen molar-refractivity contribution in [3.05, 3.63) is 0 Å². The van der Waals surface area contributed by atoms with Gasteiger partial charge < -0.3 is 24.4 Å². The van der Waals surface area contributed by atoms with Gasteiger partial charge in [0.2, 0.25) is 0 Å². The maximum atomic E-state index is 11.4. The van der Waals surface area contributed by atoms with Crippen molar-refractivity contribution in [1.82, 2.24) is 0 Å². The van der Waals surface area contributed by atoms with Crippen molar-refractivity contribution in [2.75, 3.05) is 6.61 Å². The van der Waals surface area contributed by atoms with Gasteiger partial charge >= 0.3 is 17.9 Å². The number of rotatable bonds is 4. The van der Waals surface area contributed by atoms with Gasteiger partial charge in [0.1, 0.15) is 6.10 Å². The number of carbonyl (C=O) groups excluding carboxylic acids is 2. The Bertz CT molecular complexity index is 392. The quantitative estimate of drug-likeness (QED) is 0.629. The van der Waals surface area contributed by atoms with Gasteiger partial charge in [0.15, 0.2) is 12.4 Å². The summed E-state index contributed by atoms with van der Waals surface area (Å²) in [6.45, 7) is -0.0889. The van der Waals surface area contributed by atoms with Gasteiger partial charge in [-0.25, -0.2) is 0 Å². The fourth-order valence-corrected chi connectivity index (χ4v) is 2.16. The maximum absolute atomic E-state index is 11.4. The van der Waals surface area contributed by atoms with Crippen molar-refractivity contribution in [3.63, 3.8) is 0 Å². The molecule has 2 saturated heterocycles. The number of carbonyl (C=O) groups is 3. The highest BCUT2D eigenvalue weighted by Gasteiger charge is 2.49. The van der Waals surface area contributed by atoms with E-state index in [1.807, 2.05) is 0 Å². The lowest BCUT2D eigenvalue weighted by atomic mass is 9.94. The van der Waals surface area contributed by atoms with Crippen LogP contribution in [-0.4, -0.2) is 53.2 Å². The van der Waals surface area contributed by atoms with E-state index in [2.05, 4.69) is 0 Å². The number of ether oxygens (including phenoxy) is 3. The number of hydrogen-bond donors (Lipinski definition) is 2. The number of esters is 2. The van der Waals surface area contributed by atoms with Gasteiger partial charge in [0.25, 0.3) is 0 Å². The predicted molar refractivity (Wildman–Crippen MR) is 56.7 cm³/mol. The summed E-state index contributed by atoms with van der Waals surface area (Å²) >= 11 is 0. The first-order valence-corrected chi connectivity index (χ1v) is 5.88. The van der Waals surface area contributed by atoms with Crippen LogP contribution in [0.15, 0.2) is 0 Å². The molecule has 0 bridgehead atoms. The molecule has 0 spiro atoms. The highest BCUT2D eigenvalue weighted by molar-refractivity contribution is 5.77. The van der Waals surface area contributed by atoms with Crippen LogP contribution in [0.4, 0.5) is 0 Å². The van der Waals surface area contributed by atoms with Gasteiger partial charge in [-0.3, -0.25) is 14.4 Å². The minimum atomic E-state index is -1.12. The maximum Gasteiger partial charge on any atom is 0.306 e. The highest BCUT2D eigenvalue weighted by atomic mass is 16.6. The van der Waals surface area contributed by atoms with Crippen LogP contribution in [-0.2, 0) is 28.6 Å². The van der Waals surface area contributed by atoms with E-state index >= 15 is 0 Å². The number of carboxylic acids is 1. The molecule has 0 saturated carbocycles. The summed E-state index contributed by atoms with van der Waals surface area (Å²) < 4.78 is 15.0. The third kappa shape index (κ3) is 3.21. The summed E-state index contributed by atoms with van der Waals surface area (Å²) in [5.74, 6) is -2.84. The Labute approximate surface area is 108 Å². The number of carboxylic acid groups (broad SMARTS) is 1. The lowest BCUT2D eigenvalue weighted by Crippen LogP contribution is -2.49. The lowest BCUT2D eigenvalue weighted by molar-refractivity contribution is -0.226. The van der Waals surface area contributed by atoms with Crippen LogP contribution < -0.4 is 0 Å². The smallest absolute Gasteiger partial charge is 0.306 e. The summed E-state index contributed by atoms with van der Waals surface area (Å²) in [7, 11) is 0. The van der Waals surface area contributed by atoms with E-state index in [9.17, 15) is 19.5 Å². The largest absolute Gasteiger partial charge is 0.481 e. The standard InChI is InChI=1S/C11H14O8/c12-7(13)1-2-8(14)18-6-4-17-11(16)5-3-9(15)19-10(5)6/h5-6,10-11,16H,1-4H2,(H,12,13). The molecule has 2 aliphatic rings. The second kappa shape index (κ2) is 5.54. The van der Waals surface area contributed by atoms with Gasteiger partial charge in [-0.2, -0.15) is 0 Å². The molecule has 2 rings (SSSR count). The van der Waals surface area contributed by atoms with Gasteiger partial charge in [0.05, 0.1) is 31.8 Å². The minimum Gasteiger partial charge on any atom is -0.481 e. The molecule has 0 amide bonds. The number of aliphatic hydroxyl groups is 1. The van der Waals surface area contributed by atoms with Crippen LogP contribution in [0.2, 0.25) is 0 Å². The zero-order valence-corrected chi connectivity index (χ0v) is 9.98. The third-order valence-corrected chi connectivity index (χ3v) is 3.08. The fraction of sp³-hybridized carbons (Fsp3) is 0.727. The van der Waals surface area contributed by atoms with Gasteiger partial charge in [-0.15, -0.1) is 0 Å². The molecule has 2 aliphatic heterocycles. The Balaban J connectivity index is 1.91. The van der Waals surface area contributed by atoms with E-state index in [-0.39, 0.29) is 25.9 Å². The molecular formula is C11H14O8. The zero-order valence-electron chi connectivity index (χ0n) is 9.98. The number of hydrogen-bond acceptors (Lipinski definition) is 7. The van der Waals surface area contributed by atoms with Crippen molar-refractivity contribution >= 4 is 17.9 Å². The first-order chi connectivity index (χ1) is 8.97. The predicted octanol–water partition coefficient (Wildman–Crippen LogP) is -0.957. The van der Waals surface area contributed by atoms with Crippen molar-refractivity contribution in [1.29, 1.82) is 0 Å². The second-order valence-electron chi connectivity index (χ2n) is 4.47. The molecule has 8 heteroatoms. The third-order valence-electron chi connectivity index (χ3n) is 3.08. The van der Waals surface area contributed by atoms with Crippen molar-refractivity contribution in [2.45, 2.75) is 37.8 Å². The molecule has 0 radical (unpaired) electrons. The average Bonchev–Trinajstić information content (AvgIpc) is 2.73. The fourth-order valence-electron chi connectivity index (χ4n) is 2.16. The Morgan fingerprint density at radius 3 is 2.79 bits per heavy atom.